The van der Waals surface area contributed by atoms with Crippen molar-refractivity contribution in [2.75, 3.05) is 13.2 Å². The second kappa shape index (κ2) is 4.65. The molecule has 0 saturated heterocycles. The molecule has 1 aromatic heterocycles. The van der Waals surface area contributed by atoms with E-state index < -0.39 is 0 Å². The lowest BCUT2D eigenvalue weighted by atomic mass is 10.3. The third-order valence-electron chi connectivity index (χ3n) is 2.64. The van der Waals surface area contributed by atoms with Crippen LogP contribution in [0.5, 0.6) is 0 Å². The molecule has 0 atom stereocenters. The first-order valence-electron chi connectivity index (χ1n) is 5.56. The summed E-state index contributed by atoms with van der Waals surface area (Å²) in [6.07, 6.45) is 3.81. The highest BCUT2D eigenvalue weighted by Gasteiger charge is 2.21. The molecule has 1 aliphatic rings. The van der Waals surface area contributed by atoms with Crippen LogP contribution in [0.4, 0.5) is 0 Å². The van der Waals surface area contributed by atoms with Gasteiger partial charge in [0.1, 0.15) is 12.4 Å². The van der Waals surface area contributed by atoms with Gasteiger partial charge in [0.25, 0.3) is 0 Å². The first-order valence-corrected chi connectivity index (χ1v) is 5.56. The number of fused-ring (bicyclic) bond motifs is 1. The number of amides is 1. The normalized spacial score (nSPS) is 15.3. The molecule has 0 saturated carbocycles. The van der Waals surface area contributed by atoms with Gasteiger partial charge in [0.05, 0.1) is 12.6 Å². The molecule has 0 unspecified atom stereocenters. The van der Waals surface area contributed by atoms with Crippen molar-refractivity contribution in [3.63, 3.8) is 0 Å². The van der Waals surface area contributed by atoms with E-state index in [0.29, 0.717) is 6.54 Å². The van der Waals surface area contributed by atoms with Crippen LogP contribution in [0.1, 0.15) is 19.7 Å². The number of carbonyl (C=O) groups is 1. The fraction of sp³-hybridized carbons (Fsp3) is 0.636. The molecule has 1 aromatic rings. The molecule has 2 heterocycles. The van der Waals surface area contributed by atoms with Crippen LogP contribution in [0.15, 0.2) is 12.4 Å². The van der Waals surface area contributed by atoms with Crippen LogP contribution in [0, 0.1) is 0 Å². The Bertz CT molecular complexity index is 373. The highest BCUT2D eigenvalue weighted by atomic mass is 16.5. The highest BCUT2D eigenvalue weighted by Crippen LogP contribution is 2.10. The van der Waals surface area contributed by atoms with Crippen LogP contribution in [0.2, 0.25) is 0 Å². The summed E-state index contributed by atoms with van der Waals surface area (Å²) in [6, 6.07) is 0. The smallest absolute Gasteiger partial charge is 0.249 e. The summed E-state index contributed by atoms with van der Waals surface area (Å²) in [5.41, 5.74) is 0. The predicted molar refractivity (Wildman–Crippen MR) is 58.7 cm³/mol. The molecule has 88 valence electrons. The lowest BCUT2D eigenvalue weighted by molar-refractivity contribution is -0.139. The van der Waals surface area contributed by atoms with Crippen molar-refractivity contribution in [3.8, 4) is 0 Å². The molecule has 16 heavy (non-hydrogen) atoms. The number of hydrogen-bond acceptors (Lipinski definition) is 3. The molecule has 0 aliphatic carbocycles. The van der Waals surface area contributed by atoms with Crippen molar-refractivity contribution in [2.45, 2.75) is 33.0 Å². The van der Waals surface area contributed by atoms with Gasteiger partial charge in [0.2, 0.25) is 5.91 Å². The summed E-state index contributed by atoms with van der Waals surface area (Å²) in [4.78, 5) is 17.8. The Labute approximate surface area is 95.0 Å². The Balaban J connectivity index is 1.90. The quantitative estimate of drug-likeness (QED) is 0.756. The SMILES string of the molecule is CC(C)OCC(=O)N1CCn2ccnc2C1. The maximum atomic E-state index is 11.8. The molecule has 0 N–H and O–H groups in total. The van der Waals surface area contributed by atoms with Gasteiger partial charge in [-0.2, -0.15) is 0 Å². The molecule has 0 bridgehead atoms. The molecule has 0 aromatic carbocycles. The van der Waals surface area contributed by atoms with Gasteiger partial charge in [0, 0.05) is 25.5 Å². The minimum Gasteiger partial charge on any atom is -0.369 e. The van der Waals surface area contributed by atoms with Crippen molar-refractivity contribution in [1.82, 2.24) is 14.5 Å². The van der Waals surface area contributed by atoms with E-state index in [1.807, 2.05) is 20.0 Å². The number of hydrogen-bond donors (Lipinski definition) is 0. The van der Waals surface area contributed by atoms with E-state index in [0.717, 1.165) is 18.9 Å². The predicted octanol–water partition coefficient (Wildman–Crippen LogP) is 0.650. The standard InChI is InChI=1S/C11H17N3O2/c1-9(2)16-8-11(15)14-6-5-13-4-3-12-10(13)7-14/h3-4,9H,5-8H2,1-2H3. The molecule has 5 nitrogen and oxygen atoms in total. The van der Waals surface area contributed by atoms with Crippen LogP contribution in [0.25, 0.3) is 0 Å². The van der Waals surface area contributed by atoms with Gasteiger partial charge in [0.15, 0.2) is 0 Å². The molecular formula is C11H17N3O2. The van der Waals surface area contributed by atoms with Gasteiger partial charge in [-0.05, 0) is 13.8 Å². The fourth-order valence-electron chi connectivity index (χ4n) is 1.72. The highest BCUT2D eigenvalue weighted by molar-refractivity contribution is 5.77. The minimum absolute atomic E-state index is 0.0444. The number of rotatable bonds is 3. The van der Waals surface area contributed by atoms with Crippen LogP contribution in [-0.4, -0.2) is 39.6 Å². The Morgan fingerprint density at radius 3 is 3.12 bits per heavy atom. The molecule has 0 spiro atoms. The third-order valence-corrected chi connectivity index (χ3v) is 2.64. The van der Waals surface area contributed by atoms with Gasteiger partial charge in [-0.1, -0.05) is 0 Å². The summed E-state index contributed by atoms with van der Waals surface area (Å²) in [7, 11) is 0. The maximum absolute atomic E-state index is 11.8. The van der Waals surface area contributed by atoms with E-state index in [9.17, 15) is 4.79 Å². The van der Waals surface area contributed by atoms with Gasteiger partial charge in [-0.25, -0.2) is 4.98 Å². The van der Waals surface area contributed by atoms with E-state index in [1.165, 1.54) is 0 Å². The molecule has 5 heteroatoms. The Morgan fingerprint density at radius 1 is 1.56 bits per heavy atom. The molecule has 2 rings (SSSR count). The number of carbonyl (C=O) groups excluding carboxylic acids is 1. The third kappa shape index (κ3) is 2.41. The molecule has 0 radical (unpaired) electrons. The van der Waals surface area contributed by atoms with E-state index >= 15 is 0 Å². The summed E-state index contributed by atoms with van der Waals surface area (Å²) >= 11 is 0. The summed E-state index contributed by atoms with van der Waals surface area (Å²) in [5.74, 6) is 0.993. The summed E-state index contributed by atoms with van der Waals surface area (Å²) in [5, 5.41) is 0. The summed E-state index contributed by atoms with van der Waals surface area (Å²) < 4.78 is 7.38. The largest absolute Gasteiger partial charge is 0.369 e. The van der Waals surface area contributed by atoms with Crippen LogP contribution < -0.4 is 0 Å². The average Bonchev–Trinajstić information content (AvgIpc) is 2.72. The number of aromatic nitrogens is 2. The monoisotopic (exact) mass is 223 g/mol. The molecule has 1 aliphatic heterocycles. The molecule has 0 fully saturated rings. The first kappa shape index (κ1) is 11.1. The van der Waals surface area contributed by atoms with Gasteiger partial charge in [-0.15, -0.1) is 0 Å². The van der Waals surface area contributed by atoms with Crippen LogP contribution in [-0.2, 0) is 22.6 Å². The van der Waals surface area contributed by atoms with Crippen molar-refractivity contribution in [2.24, 2.45) is 0 Å². The second-order valence-corrected chi connectivity index (χ2v) is 4.21. The Kier molecular flexibility index (Phi) is 3.24. The second-order valence-electron chi connectivity index (χ2n) is 4.21. The lowest BCUT2D eigenvalue weighted by Crippen LogP contribution is -2.40. The van der Waals surface area contributed by atoms with E-state index in [2.05, 4.69) is 9.55 Å². The van der Waals surface area contributed by atoms with Gasteiger partial charge >= 0.3 is 0 Å². The Hall–Kier alpha value is -1.36. The van der Waals surface area contributed by atoms with Crippen molar-refractivity contribution < 1.29 is 9.53 Å². The zero-order valence-electron chi connectivity index (χ0n) is 9.72. The van der Waals surface area contributed by atoms with E-state index in [4.69, 9.17) is 4.74 Å². The van der Waals surface area contributed by atoms with Gasteiger partial charge in [-0.3, -0.25) is 4.79 Å². The first-order chi connectivity index (χ1) is 7.66. The molecule has 1 amide bonds. The van der Waals surface area contributed by atoms with Crippen LogP contribution >= 0.6 is 0 Å². The van der Waals surface area contributed by atoms with Crippen molar-refractivity contribution in [3.05, 3.63) is 18.2 Å². The average molecular weight is 223 g/mol. The van der Waals surface area contributed by atoms with Crippen molar-refractivity contribution in [1.29, 1.82) is 0 Å². The Morgan fingerprint density at radius 2 is 2.38 bits per heavy atom. The summed E-state index contributed by atoms with van der Waals surface area (Å²) in [6.45, 7) is 6.17. The maximum Gasteiger partial charge on any atom is 0.249 e. The zero-order valence-corrected chi connectivity index (χ0v) is 9.72. The number of nitrogens with zero attached hydrogens (tertiary/aromatic N) is 3. The minimum atomic E-state index is 0.0444. The van der Waals surface area contributed by atoms with Crippen molar-refractivity contribution >= 4 is 5.91 Å². The van der Waals surface area contributed by atoms with Crippen LogP contribution in [0.3, 0.4) is 0 Å². The number of imidazole rings is 1. The lowest BCUT2D eigenvalue weighted by Gasteiger charge is -2.27. The fourth-order valence-corrected chi connectivity index (χ4v) is 1.72. The topological polar surface area (TPSA) is 47.4 Å². The van der Waals surface area contributed by atoms with E-state index in [1.54, 1.807) is 11.1 Å². The zero-order chi connectivity index (χ0) is 11.5. The van der Waals surface area contributed by atoms with E-state index in [-0.39, 0.29) is 18.6 Å². The van der Waals surface area contributed by atoms with Gasteiger partial charge < -0.3 is 14.2 Å². The number of ether oxygens (including phenoxy) is 1. The molecular weight excluding hydrogens is 206 g/mol.